The van der Waals surface area contributed by atoms with Crippen LogP contribution in [0, 0.1) is 0 Å². The summed E-state index contributed by atoms with van der Waals surface area (Å²) < 4.78 is 43.3. The van der Waals surface area contributed by atoms with Gasteiger partial charge in [0.1, 0.15) is 23.9 Å². The van der Waals surface area contributed by atoms with Gasteiger partial charge < -0.3 is 14.9 Å². The van der Waals surface area contributed by atoms with Crippen molar-refractivity contribution < 1.29 is 28.1 Å². The summed E-state index contributed by atoms with van der Waals surface area (Å²) in [7, 11) is 0. The third-order valence-corrected chi connectivity index (χ3v) is 2.64. The van der Waals surface area contributed by atoms with E-state index in [0.717, 1.165) is 12.1 Å². The first-order valence-electron chi connectivity index (χ1n) is 5.68. The fourth-order valence-electron chi connectivity index (χ4n) is 1.66. The Morgan fingerprint density at radius 2 is 1.70 bits per heavy atom. The molecule has 106 valence electrons. The average molecular weight is 284 g/mol. The van der Waals surface area contributed by atoms with Gasteiger partial charge in [-0.25, -0.2) is 0 Å². The summed E-state index contributed by atoms with van der Waals surface area (Å²) in [5.41, 5.74) is -0.599. The molecule has 0 saturated heterocycles. The van der Waals surface area contributed by atoms with E-state index in [4.69, 9.17) is 9.84 Å². The van der Waals surface area contributed by atoms with Gasteiger partial charge in [0, 0.05) is 11.6 Å². The van der Waals surface area contributed by atoms with Crippen LogP contribution >= 0.6 is 0 Å². The molecule has 6 heteroatoms. The van der Waals surface area contributed by atoms with E-state index >= 15 is 0 Å². The Morgan fingerprint density at radius 1 is 1.00 bits per heavy atom. The van der Waals surface area contributed by atoms with Crippen LogP contribution in [0.1, 0.15) is 11.1 Å². The number of rotatable bonds is 3. The number of hydrogen-bond donors (Lipinski definition) is 2. The van der Waals surface area contributed by atoms with Gasteiger partial charge in [0.05, 0.1) is 5.56 Å². The van der Waals surface area contributed by atoms with E-state index in [0.29, 0.717) is 0 Å². The van der Waals surface area contributed by atoms with Gasteiger partial charge in [-0.15, -0.1) is 0 Å². The number of ether oxygens (including phenoxy) is 1. The van der Waals surface area contributed by atoms with E-state index in [1.807, 2.05) is 0 Å². The summed E-state index contributed by atoms with van der Waals surface area (Å²) in [5.74, 6) is -0.691. The highest BCUT2D eigenvalue weighted by Gasteiger charge is 2.34. The largest absolute Gasteiger partial charge is 0.508 e. The number of alkyl halides is 3. The van der Waals surface area contributed by atoms with E-state index in [9.17, 15) is 18.3 Å². The summed E-state index contributed by atoms with van der Waals surface area (Å²) >= 11 is 0. The zero-order chi connectivity index (χ0) is 14.8. The molecule has 0 unspecified atom stereocenters. The van der Waals surface area contributed by atoms with Crippen LogP contribution in [0.15, 0.2) is 42.5 Å². The molecule has 0 radical (unpaired) electrons. The lowest BCUT2D eigenvalue weighted by Gasteiger charge is -2.14. The molecule has 0 heterocycles. The second-order valence-corrected chi connectivity index (χ2v) is 4.10. The Morgan fingerprint density at radius 3 is 2.35 bits per heavy atom. The molecule has 0 aliphatic heterocycles. The topological polar surface area (TPSA) is 49.7 Å². The quantitative estimate of drug-likeness (QED) is 0.903. The molecule has 0 spiro atoms. The zero-order valence-electron chi connectivity index (χ0n) is 10.2. The highest BCUT2D eigenvalue weighted by Crippen LogP contribution is 2.36. The third-order valence-electron chi connectivity index (χ3n) is 2.64. The number of hydrogen-bond acceptors (Lipinski definition) is 3. The number of phenolic OH excluding ortho intramolecular Hbond substituents is 2. The van der Waals surface area contributed by atoms with E-state index < -0.39 is 11.7 Å². The van der Waals surface area contributed by atoms with E-state index in [1.165, 1.54) is 30.3 Å². The van der Waals surface area contributed by atoms with Crippen LogP contribution < -0.4 is 4.74 Å². The van der Waals surface area contributed by atoms with Gasteiger partial charge in [-0.3, -0.25) is 0 Å². The van der Waals surface area contributed by atoms with Crippen LogP contribution in [0.5, 0.6) is 17.2 Å². The molecule has 2 rings (SSSR count). The number of benzene rings is 2. The lowest BCUT2D eigenvalue weighted by atomic mass is 10.2. The number of phenols is 2. The fraction of sp³-hybridized carbons (Fsp3) is 0.143. The SMILES string of the molecule is Oc1ccc(COc2ccccc2C(F)(F)F)c(O)c1. The number of halogens is 3. The van der Waals surface area contributed by atoms with Crippen LogP contribution in [-0.4, -0.2) is 10.2 Å². The molecule has 2 aromatic carbocycles. The van der Waals surface area contributed by atoms with Crippen LogP contribution in [-0.2, 0) is 12.8 Å². The molecule has 0 fully saturated rings. The minimum absolute atomic E-state index is 0.137. The molecule has 0 aliphatic carbocycles. The maximum atomic E-state index is 12.7. The molecule has 2 N–H and O–H groups in total. The molecule has 0 amide bonds. The monoisotopic (exact) mass is 284 g/mol. The van der Waals surface area contributed by atoms with Gasteiger partial charge in [-0.1, -0.05) is 12.1 Å². The second kappa shape index (κ2) is 5.32. The molecule has 2 aromatic rings. The van der Waals surface area contributed by atoms with Crippen LogP contribution in [0.4, 0.5) is 13.2 Å². The Balaban J connectivity index is 2.19. The molecular weight excluding hydrogens is 273 g/mol. The van der Waals surface area contributed by atoms with Gasteiger partial charge in [0.2, 0.25) is 0 Å². The summed E-state index contributed by atoms with van der Waals surface area (Å²) in [6.45, 7) is -0.237. The van der Waals surface area contributed by atoms with Gasteiger partial charge in [-0.05, 0) is 24.3 Å². The minimum Gasteiger partial charge on any atom is -0.508 e. The highest BCUT2D eigenvalue weighted by atomic mass is 19.4. The van der Waals surface area contributed by atoms with Crippen LogP contribution in [0.2, 0.25) is 0 Å². The number of para-hydroxylation sites is 1. The predicted molar refractivity (Wildman–Crippen MR) is 65.5 cm³/mol. The van der Waals surface area contributed by atoms with Gasteiger partial charge in [-0.2, -0.15) is 13.2 Å². The Kier molecular flexibility index (Phi) is 3.74. The minimum atomic E-state index is -4.51. The first kappa shape index (κ1) is 14.0. The summed E-state index contributed by atoms with van der Waals surface area (Å²) in [4.78, 5) is 0. The van der Waals surface area contributed by atoms with Gasteiger partial charge in [0.25, 0.3) is 0 Å². The fourth-order valence-corrected chi connectivity index (χ4v) is 1.66. The maximum Gasteiger partial charge on any atom is 0.419 e. The highest BCUT2D eigenvalue weighted by molar-refractivity contribution is 5.40. The van der Waals surface area contributed by atoms with Crippen molar-refractivity contribution in [1.29, 1.82) is 0 Å². The lowest BCUT2D eigenvalue weighted by molar-refractivity contribution is -0.139. The molecule has 3 nitrogen and oxygen atoms in total. The van der Waals surface area contributed by atoms with E-state index in [-0.39, 0.29) is 29.4 Å². The van der Waals surface area contributed by atoms with Crippen molar-refractivity contribution in [2.45, 2.75) is 12.8 Å². The molecule has 20 heavy (non-hydrogen) atoms. The molecule has 0 aromatic heterocycles. The Bertz CT molecular complexity index is 609. The summed E-state index contributed by atoms with van der Waals surface area (Å²) in [6, 6.07) is 8.62. The third kappa shape index (κ3) is 3.14. The average Bonchev–Trinajstić information content (AvgIpc) is 2.37. The summed E-state index contributed by atoms with van der Waals surface area (Å²) in [6.07, 6.45) is -4.51. The van der Waals surface area contributed by atoms with Crippen molar-refractivity contribution >= 4 is 0 Å². The Hall–Kier alpha value is -2.37. The van der Waals surface area contributed by atoms with Crippen molar-refractivity contribution in [1.82, 2.24) is 0 Å². The molecule has 0 atom stereocenters. The lowest BCUT2D eigenvalue weighted by Crippen LogP contribution is -2.08. The van der Waals surface area contributed by atoms with Crippen LogP contribution in [0.25, 0.3) is 0 Å². The van der Waals surface area contributed by atoms with Crippen LogP contribution in [0.3, 0.4) is 0 Å². The van der Waals surface area contributed by atoms with E-state index in [2.05, 4.69) is 0 Å². The standard InChI is InChI=1S/C14H11F3O3/c15-14(16,17)11-3-1-2-4-13(11)20-8-9-5-6-10(18)7-12(9)19/h1-7,18-19H,8H2. The van der Waals surface area contributed by atoms with Crippen molar-refractivity contribution in [3.8, 4) is 17.2 Å². The van der Waals surface area contributed by atoms with Crippen molar-refractivity contribution in [2.24, 2.45) is 0 Å². The second-order valence-electron chi connectivity index (χ2n) is 4.10. The number of aromatic hydroxyl groups is 2. The van der Waals surface area contributed by atoms with E-state index in [1.54, 1.807) is 0 Å². The van der Waals surface area contributed by atoms with Crippen molar-refractivity contribution in [3.63, 3.8) is 0 Å². The van der Waals surface area contributed by atoms with Crippen molar-refractivity contribution in [3.05, 3.63) is 53.6 Å². The first-order valence-corrected chi connectivity index (χ1v) is 5.68. The molecule has 0 saturated carbocycles. The van der Waals surface area contributed by atoms with Crippen molar-refractivity contribution in [2.75, 3.05) is 0 Å². The predicted octanol–water partition coefficient (Wildman–Crippen LogP) is 3.70. The first-order chi connectivity index (χ1) is 9.38. The molecule has 0 bridgehead atoms. The molecular formula is C14H11F3O3. The molecule has 0 aliphatic rings. The summed E-state index contributed by atoms with van der Waals surface area (Å²) in [5, 5.41) is 18.7. The van der Waals surface area contributed by atoms with Gasteiger partial charge in [0.15, 0.2) is 0 Å². The van der Waals surface area contributed by atoms with Gasteiger partial charge >= 0.3 is 6.18 Å². The normalized spacial score (nSPS) is 11.3. The zero-order valence-corrected chi connectivity index (χ0v) is 10.2. The smallest absolute Gasteiger partial charge is 0.419 e. The Labute approximate surface area is 112 Å². The maximum absolute atomic E-state index is 12.7.